The van der Waals surface area contributed by atoms with Gasteiger partial charge in [-0.2, -0.15) is 5.10 Å². The summed E-state index contributed by atoms with van der Waals surface area (Å²) < 4.78 is 20.0. The molecule has 0 saturated carbocycles. The number of unbranched alkanes of at least 4 members (excludes halogenated alkanes) is 2. The molecule has 2 aromatic heterocycles. The third kappa shape index (κ3) is 5.46. The minimum atomic E-state index is -0.368. The zero-order chi connectivity index (χ0) is 23.9. The highest BCUT2D eigenvalue weighted by molar-refractivity contribution is 6.04. The topological polar surface area (TPSA) is 86.1 Å². The van der Waals surface area contributed by atoms with Gasteiger partial charge in [0, 0.05) is 30.7 Å². The molecule has 0 aliphatic carbocycles. The number of carbonyl (C=O) groups is 1. The van der Waals surface area contributed by atoms with Crippen LogP contribution in [-0.2, 0) is 13.1 Å². The SMILES string of the molecule is CCCCCn1nc(C(=O)NCc2ccc(Oc3ccc(F)cc3)nc2)c2ccccc2c1=O. The summed E-state index contributed by atoms with van der Waals surface area (Å²) in [5.41, 5.74) is 0.792. The summed E-state index contributed by atoms with van der Waals surface area (Å²) in [4.78, 5) is 30.0. The van der Waals surface area contributed by atoms with Gasteiger partial charge in [0.15, 0.2) is 5.69 Å². The highest BCUT2D eigenvalue weighted by Crippen LogP contribution is 2.20. The van der Waals surface area contributed by atoms with E-state index in [0.717, 1.165) is 24.8 Å². The zero-order valence-corrected chi connectivity index (χ0v) is 18.8. The lowest BCUT2D eigenvalue weighted by Gasteiger charge is -2.11. The van der Waals surface area contributed by atoms with E-state index in [1.165, 1.54) is 28.9 Å². The molecule has 0 atom stereocenters. The van der Waals surface area contributed by atoms with Gasteiger partial charge in [0.05, 0.1) is 5.39 Å². The summed E-state index contributed by atoms with van der Waals surface area (Å²) in [6.07, 6.45) is 4.42. The average Bonchev–Trinajstić information content (AvgIpc) is 2.86. The summed E-state index contributed by atoms with van der Waals surface area (Å²) in [5.74, 6) is 0.118. The number of hydrogen-bond donors (Lipinski definition) is 1. The largest absolute Gasteiger partial charge is 0.439 e. The zero-order valence-electron chi connectivity index (χ0n) is 18.8. The van der Waals surface area contributed by atoms with Crippen molar-refractivity contribution >= 4 is 16.7 Å². The first-order valence-corrected chi connectivity index (χ1v) is 11.2. The fourth-order valence-corrected chi connectivity index (χ4v) is 3.53. The van der Waals surface area contributed by atoms with Gasteiger partial charge >= 0.3 is 0 Å². The highest BCUT2D eigenvalue weighted by atomic mass is 19.1. The van der Waals surface area contributed by atoms with Crippen molar-refractivity contribution in [1.82, 2.24) is 20.1 Å². The maximum atomic E-state index is 13.0. The van der Waals surface area contributed by atoms with Crippen molar-refractivity contribution in [2.75, 3.05) is 0 Å². The van der Waals surface area contributed by atoms with E-state index >= 15 is 0 Å². The number of halogens is 1. The molecule has 0 aliphatic heterocycles. The molecule has 0 radical (unpaired) electrons. The Morgan fingerprint density at radius 2 is 1.79 bits per heavy atom. The molecule has 1 N–H and O–H groups in total. The molecule has 34 heavy (non-hydrogen) atoms. The lowest BCUT2D eigenvalue weighted by molar-refractivity contribution is 0.0945. The first kappa shape index (κ1) is 23.1. The number of carbonyl (C=O) groups excluding carboxylic acids is 1. The van der Waals surface area contributed by atoms with Gasteiger partial charge in [0.2, 0.25) is 5.88 Å². The van der Waals surface area contributed by atoms with Gasteiger partial charge in [0.25, 0.3) is 11.5 Å². The van der Waals surface area contributed by atoms with Gasteiger partial charge in [-0.25, -0.2) is 14.1 Å². The number of aryl methyl sites for hydroxylation is 1. The molecule has 0 aliphatic rings. The summed E-state index contributed by atoms with van der Waals surface area (Å²) in [6, 6.07) is 16.1. The third-order valence-corrected chi connectivity index (χ3v) is 5.34. The van der Waals surface area contributed by atoms with Crippen LogP contribution in [0.1, 0.15) is 42.2 Å². The first-order chi connectivity index (χ1) is 16.5. The molecule has 7 nitrogen and oxygen atoms in total. The number of nitrogens with one attached hydrogen (secondary N) is 1. The van der Waals surface area contributed by atoms with Crippen LogP contribution in [0.2, 0.25) is 0 Å². The normalized spacial score (nSPS) is 10.9. The number of fused-ring (bicyclic) bond motifs is 1. The van der Waals surface area contributed by atoms with E-state index in [1.807, 2.05) is 0 Å². The van der Waals surface area contributed by atoms with Crippen LogP contribution in [0.3, 0.4) is 0 Å². The van der Waals surface area contributed by atoms with E-state index in [1.54, 1.807) is 42.6 Å². The molecule has 0 fully saturated rings. The molecule has 8 heteroatoms. The number of ether oxygens (including phenoxy) is 1. The molecular weight excluding hydrogens is 435 g/mol. The number of benzene rings is 2. The molecule has 0 bridgehead atoms. The fourth-order valence-electron chi connectivity index (χ4n) is 3.53. The molecule has 4 rings (SSSR count). The van der Waals surface area contributed by atoms with Crippen LogP contribution < -0.4 is 15.6 Å². The lowest BCUT2D eigenvalue weighted by atomic mass is 10.1. The van der Waals surface area contributed by atoms with E-state index in [9.17, 15) is 14.0 Å². The Morgan fingerprint density at radius 3 is 2.50 bits per heavy atom. The van der Waals surface area contributed by atoms with Crippen molar-refractivity contribution in [2.45, 2.75) is 39.3 Å². The average molecular weight is 461 g/mol. The van der Waals surface area contributed by atoms with Crippen molar-refractivity contribution in [3.63, 3.8) is 0 Å². The Morgan fingerprint density at radius 1 is 1.03 bits per heavy atom. The number of amides is 1. The second kappa shape index (κ2) is 10.7. The number of pyridine rings is 1. The predicted octanol–water partition coefficient (Wildman–Crippen LogP) is 4.84. The summed E-state index contributed by atoms with van der Waals surface area (Å²) in [6.45, 7) is 2.79. The molecule has 1 amide bonds. The maximum absolute atomic E-state index is 13.0. The predicted molar refractivity (Wildman–Crippen MR) is 127 cm³/mol. The Labute approximate surface area is 196 Å². The van der Waals surface area contributed by atoms with E-state index in [0.29, 0.717) is 28.9 Å². The molecule has 2 heterocycles. The van der Waals surface area contributed by atoms with Crippen LogP contribution >= 0.6 is 0 Å². The Balaban J connectivity index is 1.47. The molecule has 0 unspecified atom stereocenters. The Hall–Kier alpha value is -4.07. The van der Waals surface area contributed by atoms with Crippen molar-refractivity contribution < 1.29 is 13.9 Å². The molecule has 0 spiro atoms. The summed E-state index contributed by atoms with van der Waals surface area (Å²) in [7, 11) is 0. The second-order valence-electron chi connectivity index (χ2n) is 7.87. The quantitative estimate of drug-likeness (QED) is 0.361. The van der Waals surface area contributed by atoms with E-state index in [2.05, 4.69) is 22.3 Å². The first-order valence-electron chi connectivity index (χ1n) is 11.2. The molecular formula is C26H25FN4O3. The molecule has 2 aromatic carbocycles. The Kier molecular flexibility index (Phi) is 7.27. The van der Waals surface area contributed by atoms with E-state index < -0.39 is 0 Å². The van der Waals surface area contributed by atoms with Crippen molar-refractivity contribution in [3.8, 4) is 11.6 Å². The van der Waals surface area contributed by atoms with Crippen molar-refractivity contribution in [3.05, 3.63) is 94.3 Å². The minimum Gasteiger partial charge on any atom is -0.439 e. The van der Waals surface area contributed by atoms with Gasteiger partial charge in [0.1, 0.15) is 11.6 Å². The monoisotopic (exact) mass is 460 g/mol. The van der Waals surface area contributed by atoms with E-state index in [4.69, 9.17) is 4.74 Å². The fraction of sp³-hybridized carbons (Fsp3) is 0.231. The highest BCUT2D eigenvalue weighted by Gasteiger charge is 2.16. The van der Waals surface area contributed by atoms with Crippen LogP contribution in [0.25, 0.3) is 10.8 Å². The third-order valence-electron chi connectivity index (χ3n) is 5.34. The number of rotatable bonds is 9. The summed E-state index contributed by atoms with van der Waals surface area (Å²) in [5, 5.41) is 8.24. The number of nitrogens with zero attached hydrogens (tertiary/aromatic N) is 3. The van der Waals surface area contributed by atoms with E-state index in [-0.39, 0.29) is 29.5 Å². The van der Waals surface area contributed by atoms with Crippen LogP contribution in [0.4, 0.5) is 4.39 Å². The second-order valence-corrected chi connectivity index (χ2v) is 7.87. The minimum absolute atomic E-state index is 0.191. The van der Waals surface area contributed by atoms with Gasteiger partial charge in [-0.3, -0.25) is 9.59 Å². The maximum Gasteiger partial charge on any atom is 0.274 e. The van der Waals surface area contributed by atoms with Crippen LogP contribution in [0.5, 0.6) is 11.6 Å². The van der Waals surface area contributed by atoms with Crippen molar-refractivity contribution in [2.24, 2.45) is 0 Å². The van der Waals surface area contributed by atoms with Crippen LogP contribution in [0.15, 0.2) is 71.7 Å². The standard InChI is InChI=1S/C26H25FN4O3/c1-2-3-6-15-31-26(33)22-8-5-4-7-21(22)24(30-31)25(32)29-17-18-9-14-23(28-16-18)34-20-12-10-19(27)11-13-20/h4-5,7-14,16H,2-3,6,15,17H2,1H3,(H,29,32). The Bertz CT molecular complexity index is 1340. The smallest absolute Gasteiger partial charge is 0.274 e. The lowest BCUT2D eigenvalue weighted by Crippen LogP contribution is -2.30. The number of aromatic nitrogens is 3. The summed E-state index contributed by atoms with van der Waals surface area (Å²) >= 11 is 0. The van der Waals surface area contributed by atoms with Crippen molar-refractivity contribution in [1.29, 1.82) is 0 Å². The molecule has 4 aromatic rings. The van der Waals surface area contributed by atoms with Gasteiger partial charge < -0.3 is 10.1 Å². The van der Waals surface area contributed by atoms with Crippen LogP contribution in [0, 0.1) is 5.82 Å². The molecule has 0 saturated heterocycles. The molecule has 174 valence electrons. The van der Waals surface area contributed by atoms with Gasteiger partial charge in [-0.1, -0.05) is 44.0 Å². The number of hydrogen-bond acceptors (Lipinski definition) is 5. The van der Waals surface area contributed by atoms with Gasteiger partial charge in [-0.15, -0.1) is 0 Å². The van der Waals surface area contributed by atoms with Crippen LogP contribution in [-0.4, -0.2) is 20.7 Å². The van der Waals surface area contributed by atoms with Gasteiger partial charge in [-0.05, 0) is 42.3 Å².